The smallest absolute Gasteiger partial charge is 0.234 e. The molecule has 5 nitrogen and oxygen atoms in total. The second-order valence-corrected chi connectivity index (χ2v) is 6.75. The van der Waals surface area contributed by atoms with Gasteiger partial charge in [-0.15, -0.1) is 11.3 Å². The molecule has 0 atom stereocenters. The van der Waals surface area contributed by atoms with Crippen molar-refractivity contribution in [1.82, 2.24) is 10.2 Å². The summed E-state index contributed by atoms with van der Waals surface area (Å²) in [6, 6.07) is 9.91. The molecular formula is C18H22N2O3S. The number of para-hydroxylation sites is 1. The van der Waals surface area contributed by atoms with Gasteiger partial charge in [0.2, 0.25) is 5.91 Å². The third-order valence-corrected chi connectivity index (χ3v) is 4.82. The number of nitrogens with one attached hydrogen (secondary N) is 1. The Labute approximate surface area is 146 Å². The molecule has 0 spiro atoms. The summed E-state index contributed by atoms with van der Waals surface area (Å²) in [6.45, 7) is 3.13. The topological polar surface area (TPSA) is 50.8 Å². The van der Waals surface area contributed by atoms with Gasteiger partial charge in [0.1, 0.15) is 0 Å². The van der Waals surface area contributed by atoms with Crippen LogP contribution in [0.4, 0.5) is 0 Å². The number of carbonyl (C=O) groups is 1. The Morgan fingerprint density at radius 2 is 2.29 bits per heavy atom. The number of benzene rings is 1. The SMILES string of the molecule is COc1cccc2c1OCCCN(CC(=O)NCc1cccs1)C2. The van der Waals surface area contributed by atoms with E-state index in [2.05, 4.69) is 10.2 Å². The molecule has 0 unspecified atom stereocenters. The predicted octanol–water partition coefficient (Wildman–Crippen LogP) is 2.66. The first kappa shape index (κ1) is 16.8. The maximum absolute atomic E-state index is 12.2. The van der Waals surface area contributed by atoms with Gasteiger partial charge in [0.15, 0.2) is 11.5 Å². The average Bonchev–Trinajstić information content (AvgIpc) is 3.08. The van der Waals surface area contributed by atoms with Crippen LogP contribution < -0.4 is 14.8 Å². The summed E-state index contributed by atoms with van der Waals surface area (Å²) < 4.78 is 11.2. The summed E-state index contributed by atoms with van der Waals surface area (Å²) in [6.07, 6.45) is 0.885. The number of thiophene rings is 1. The van der Waals surface area contributed by atoms with Crippen molar-refractivity contribution in [3.63, 3.8) is 0 Å². The van der Waals surface area contributed by atoms with Crippen molar-refractivity contribution >= 4 is 17.2 Å². The van der Waals surface area contributed by atoms with Crippen LogP contribution in [0, 0.1) is 0 Å². The van der Waals surface area contributed by atoms with Crippen LogP contribution in [0.2, 0.25) is 0 Å². The number of hydrogen-bond acceptors (Lipinski definition) is 5. The molecule has 128 valence electrons. The zero-order valence-corrected chi connectivity index (χ0v) is 14.6. The summed E-state index contributed by atoms with van der Waals surface area (Å²) in [5.74, 6) is 1.59. The number of ether oxygens (including phenoxy) is 2. The van der Waals surface area contributed by atoms with Gasteiger partial charge in [0.05, 0.1) is 26.8 Å². The Morgan fingerprint density at radius 1 is 1.38 bits per heavy atom. The first-order valence-corrected chi connectivity index (χ1v) is 8.94. The fourth-order valence-electron chi connectivity index (χ4n) is 2.79. The summed E-state index contributed by atoms with van der Waals surface area (Å²) in [5.41, 5.74) is 1.06. The highest BCUT2D eigenvalue weighted by Crippen LogP contribution is 2.33. The van der Waals surface area contributed by atoms with Gasteiger partial charge in [-0.2, -0.15) is 0 Å². The molecular weight excluding hydrogens is 324 g/mol. The van der Waals surface area contributed by atoms with Crippen LogP contribution in [0.15, 0.2) is 35.7 Å². The first-order chi connectivity index (χ1) is 11.8. The lowest BCUT2D eigenvalue weighted by molar-refractivity contribution is -0.122. The van der Waals surface area contributed by atoms with Gasteiger partial charge in [-0.1, -0.05) is 18.2 Å². The largest absolute Gasteiger partial charge is 0.493 e. The highest BCUT2D eigenvalue weighted by molar-refractivity contribution is 7.09. The highest BCUT2D eigenvalue weighted by Gasteiger charge is 2.19. The number of carbonyl (C=O) groups excluding carboxylic acids is 1. The van der Waals surface area contributed by atoms with Gasteiger partial charge in [-0.3, -0.25) is 9.69 Å². The fourth-order valence-corrected chi connectivity index (χ4v) is 3.43. The number of nitrogens with zero attached hydrogens (tertiary/aromatic N) is 1. The van der Waals surface area contributed by atoms with E-state index < -0.39 is 0 Å². The van der Waals surface area contributed by atoms with Crippen LogP contribution in [0.3, 0.4) is 0 Å². The van der Waals surface area contributed by atoms with Crippen LogP contribution in [0.25, 0.3) is 0 Å². The Balaban J connectivity index is 1.62. The molecule has 1 aliphatic rings. The van der Waals surface area contributed by atoms with Crippen molar-refractivity contribution in [3.05, 3.63) is 46.2 Å². The Kier molecular flexibility index (Phi) is 5.72. The number of methoxy groups -OCH3 is 1. The van der Waals surface area contributed by atoms with E-state index in [0.29, 0.717) is 26.2 Å². The van der Waals surface area contributed by atoms with Crippen LogP contribution in [0.1, 0.15) is 16.9 Å². The van der Waals surface area contributed by atoms with Crippen LogP contribution >= 0.6 is 11.3 Å². The number of amides is 1. The fraction of sp³-hybridized carbons (Fsp3) is 0.389. The third-order valence-electron chi connectivity index (χ3n) is 3.95. The molecule has 6 heteroatoms. The molecule has 0 saturated heterocycles. The second-order valence-electron chi connectivity index (χ2n) is 5.72. The van der Waals surface area contributed by atoms with E-state index in [1.807, 2.05) is 35.7 Å². The van der Waals surface area contributed by atoms with E-state index in [1.54, 1.807) is 18.4 Å². The lowest BCUT2D eigenvalue weighted by atomic mass is 10.1. The number of hydrogen-bond donors (Lipinski definition) is 1. The molecule has 0 aliphatic carbocycles. The normalized spacial score (nSPS) is 14.9. The van der Waals surface area contributed by atoms with E-state index in [1.165, 1.54) is 4.88 Å². The second kappa shape index (κ2) is 8.17. The summed E-state index contributed by atoms with van der Waals surface area (Å²) >= 11 is 1.65. The quantitative estimate of drug-likeness (QED) is 0.904. The lowest BCUT2D eigenvalue weighted by Gasteiger charge is -2.26. The van der Waals surface area contributed by atoms with Gasteiger partial charge in [-0.05, 0) is 23.9 Å². The van der Waals surface area contributed by atoms with Gasteiger partial charge in [-0.25, -0.2) is 0 Å². The van der Waals surface area contributed by atoms with Crippen molar-refractivity contribution in [2.45, 2.75) is 19.5 Å². The van der Waals surface area contributed by atoms with Crippen LogP contribution in [0.5, 0.6) is 11.5 Å². The molecule has 1 aliphatic heterocycles. The number of rotatable bonds is 5. The molecule has 24 heavy (non-hydrogen) atoms. The number of fused-ring (bicyclic) bond motifs is 1. The van der Waals surface area contributed by atoms with Crippen LogP contribution in [-0.2, 0) is 17.9 Å². The molecule has 0 radical (unpaired) electrons. The minimum Gasteiger partial charge on any atom is -0.493 e. The van der Waals surface area contributed by atoms with E-state index in [-0.39, 0.29) is 5.91 Å². The molecule has 0 bridgehead atoms. The summed E-state index contributed by atoms with van der Waals surface area (Å²) in [5, 5.41) is 5.01. The molecule has 3 rings (SSSR count). The van der Waals surface area contributed by atoms with E-state index in [0.717, 1.165) is 30.0 Å². The Morgan fingerprint density at radius 3 is 3.08 bits per heavy atom. The van der Waals surface area contributed by atoms with E-state index >= 15 is 0 Å². The first-order valence-electron chi connectivity index (χ1n) is 8.06. The zero-order chi connectivity index (χ0) is 16.8. The molecule has 1 N–H and O–H groups in total. The zero-order valence-electron chi connectivity index (χ0n) is 13.8. The maximum atomic E-state index is 12.2. The molecule has 1 amide bonds. The minimum absolute atomic E-state index is 0.0503. The predicted molar refractivity (Wildman–Crippen MR) is 94.5 cm³/mol. The summed E-state index contributed by atoms with van der Waals surface area (Å²) in [4.78, 5) is 15.6. The maximum Gasteiger partial charge on any atom is 0.234 e. The van der Waals surface area contributed by atoms with Crippen molar-refractivity contribution < 1.29 is 14.3 Å². The van der Waals surface area contributed by atoms with Gasteiger partial charge >= 0.3 is 0 Å². The van der Waals surface area contributed by atoms with E-state index in [4.69, 9.17) is 9.47 Å². The van der Waals surface area contributed by atoms with Crippen molar-refractivity contribution in [2.75, 3.05) is 26.8 Å². The van der Waals surface area contributed by atoms with Gasteiger partial charge in [0.25, 0.3) is 0 Å². The highest BCUT2D eigenvalue weighted by atomic mass is 32.1. The van der Waals surface area contributed by atoms with Gasteiger partial charge < -0.3 is 14.8 Å². The summed E-state index contributed by atoms with van der Waals surface area (Å²) in [7, 11) is 1.65. The van der Waals surface area contributed by atoms with Crippen molar-refractivity contribution in [2.24, 2.45) is 0 Å². The molecule has 1 aromatic carbocycles. The van der Waals surface area contributed by atoms with Crippen LogP contribution in [-0.4, -0.2) is 37.6 Å². The van der Waals surface area contributed by atoms with Gasteiger partial charge in [0, 0.05) is 23.5 Å². The van der Waals surface area contributed by atoms with Crippen molar-refractivity contribution in [3.8, 4) is 11.5 Å². The lowest BCUT2D eigenvalue weighted by Crippen LogP contribution is -2.38. The molecule has 2 heterocycles. The average molecular weight is 346 g/mol. The Bertz CT molecular complexity index is 673. The third kappa shape index (κ3) is 4.27. The molecule has 1 aromatic heterocycles. The Hall–Kier alpha value is -2.05. The van der Waals surface area contributed by atoms with Crippen molar-refractivity contribution in [1.29, 1.82) is 0 Å². The molecule has 0 fully saturated rings. The van der Waals surface area contributed by atoms with E-state index in [9.17, 15) is 4.79 Å². The monoisotopic (exact) mass is 346 g/mol. The standard InChI is InChI=1S/C18H22N2O3S/c1-22-16-7-2-5-14-12-20(8-4-9-23-18(14)16)13-17(21)19-11-15-6-3-10-24-15/h2-3,5-7,10H,4,8-9,11-13H2,1H3,(H,19,21). The minimum atomic E-state index is 0.0503. The molecule has 0 saturated carbocycles. The molecule has 2 aromatic rings.